The second kappa shape index (κ2) is 13.3. The molecule has 1 saturated heterocycles. The number of amides is 2. The van der Waals surface area contributed by atoms with Gasteiger partial charge in [-0.05, 0) is 57.3 Å². The number of carbonyl (C=O) groups is 2. The fourth-order valence-corrected chi connectivity index (χ4v) is 6.15. The molecule has 1 aliphatic heterocycles. The first-order chi connectivity index (χ1) is 20.2. The Morgan fingerprint density at radius 3 is 2.74 bits per heavy atom. The second-order valence-electron chi connectivity index (χ2n) is 11.3. The van der Waals surface area contributed by atoms with Crippen molar-refractivity contribution in [2.75, 3.05) is 31.6 Å². The Morgan fingerprint density at radius 2 is 2.02 bits per heavy atom. The Hall–Kier alpha value is -3.31. The number of carbonyl (C=O) groups excluding carboxylic acids is 2. The number of hydrogen-bond acceptors (Lipinski definition) is 6. The highest BCUT2D eigenvalue weighted by Crippen LogP contribution is 2.36. The number of hydrogen-bond donors (Lipinski definition) is 1. The number of likely N-dealkylation sites (tertiary alicyclic amines) is 1. The standard InChI is InChI=1S/C30H37ClF2N6O3/c1-37(29-34-14-17-42-29)27(40)18-21(8-6-15-38-16-7-13-30(32,33)20-38)35-28(41)25-19-26(23-11-4-5-12-24(23)31)39(36-25)22-9-2-3-10-22/h4-5,11-12,14,17,19,21-22H,2-3,6-10,13,15-16,18,20H2,1H3,(H,35,41)/t21-/m0/s1. The van der Waals surface area contributed by atoms with E-state index >= 15 is 0 Å². The molecule has 42 heavy (non-hydrogen) atoms. The Labute approximate surface area is 249 Å². The van der Waals surface area contributed by atoms with E-state index < -0.39 is 17.9 Å². The summed E-state index contributed by atoms with van der Waals surface area (Å²) >= 11 is 6.53. The van der Waals surface area contributed by atoms with Crippen LogP contribution in [0, 0.1) is 0 Å². The highest BCUT2D eigenvalue weighted by Gasteiger charge is 2.35. The molecule has 3 heterocycles. The number of oxazole rings is 1. The van der Waals surface area contributed by atoms with Crippen molar-refractivity contribution in [1.29, 1.82) is 0 Å². The van der Waals surface area contributed by atoms with Gasteiger partial charge in [-0.25, -0.2) is 13.8 Å². The van der Waals surface area contributed by atoms with Gasteiger partial charge in [0.2, 0.25) is 5.91 Å². The number of benzene rings is 1. The SMILES string of the molecule is CN(C(=O)C[C@H](CCCN1CCCC(F)(F)C1)NC(=O)c1cc(-c2ccccc2Cl)n(C2CCCC2)n1)c1ncco1. The number of nitrogens with one attached hydrogen (secondary N) is 1. The lowest BCUT2D eigenvalue weighted by atomic mass is 10.0. The van der Waals surface area contributed by atoms with E-state index in [1.165, 1.54) is 17.4 Å². The summed E-state index contributed by atoms with van der Waals surface area (Å²) < 4.78 is 35.0. The van der Waals surface area contributed by atoms with Gasteiger partial charge < -0.3 is 9.73 Å². The molecule has 2 fully saturated rings. The second-order valence-corrected chi connectivity index (χ2v) is 11.7. The molecule has 9 nitrogen and oxygen atoms in total. The van der Waals surface area contributed by atoms with Gasteiger partial charge in [0.1, 0.15) is 6.26 Å². The van der Waals surface area contributed by atoms with Crippen LogP contribution in [0.4, 0.5) is 14.8 Å². The molecular formula is C30H37ClF2N6O3. The van der Waals surface area contributed by atoms with Crippen LogP contribution in [-0.2, 0) is 4.79 Å². The summed E-state index contributed by atoms with van der Waals surface area (Å²) in [5.74, 6) is -3.38. The van der Waals surface area contributed by atoms with Gasteiger partial charge in [-0.3, -0.25) is 24.1 Å². The average Bonchev–Trinajstić information content (AvgIpc) is 3.74. The lowest BCUT2D eigenvalue weighted by Crippen LogP contribution is -2.44. The number of halogens is 3. The quantitative estimate of drug-likeness (QED) is 0.290. The summed E-state index contributed by atoms with van der Waals surface area (Å²) in [7, 11) is 1.56. The molecule has 3 aromatic rings. The normalized spacial score (nSPS) is 18.2. The summed E-state index contributed by atoms with van der Waals surface area (Å²) in [6.07, 6.45) is 8.28. The third-order valence-corrected chi connectivity index (χ3v) is 8.45. The zero-order chi connectivity index (χ0) is 29.7. The van der Waals surface area contributed by atoms with Crippen molar-refractivity contribution in [2.24, 2.45) is 0 Å². The molecule has 226 valence electrons. The molecule has 12 heteroatoms. The Balaban J connectivity index is 1.32. The van der Waals surface area contributed by atoms with Crippen LogP contribution in [0.1, 0.15) is 74.3 Å². The molecule has 0 unspecified atom stereocenters. The van der Waals surface area contributed by atoms with Crippen molar-refractivity contribution in [1.82, 2.24) is 25.0 Å². The Bertz CT molecular complexity index is 1360. The summed E-state index contributed by atoms with van der Waals surface area (Å²) in [6, 6.07) is 9.02. The largest absolute Gasteiger partial charge is 0.432 e. The monoisotopic (exact) mass is 602 g/mol. The van der Waals surface area contributed by atoms with Gasteiger partial charge in [0.05, 0.1) is 24.5 Å². The molecule has 1 atom stereocenters. The van der Waals surface area contributed by atoms with Crippen molar-refractivity contribution in [3.8, 4) is 11.3 Å². The molecule has 2 amide bonds. The molecule has 2 aromatic heterocycles. The van der Waals surface area contributed by atoms with Crippen molar-refractivity contribution < 1.29 is 22.8 Å². The van der Waals surface area contributed by atoms with E-state index in [-0.39, 0.29) is 43.0 Å². The smallest absolute Gasteiger partial charge is 0.303 e. The van der Waals surface area contributed by atoms with Gasteiger partial charge in [0.25, 0.3) is 11.8 Å². The van der Waals surface area contributed by atoms with E-state index in [9.17, 15) is 18.4 Å². The van der Waals surface area contributed by atoms with E-state index in [0.717, 1.165) is 36.9 Å². The van der Waals surface area contributed by atoms with E-state index in [1.54, 1.807) is 18.0 Å². The number of rotatable bonds is 11. The lowest BCUT2D eigenvalue weighted by Gasteiger charge is -2.32. The highest BCUT2D eigenvalue weighted by molar-refractivity contribution is 6.33. The fourth-order valence-electron chi connectivity index (χ4n) is 5.92. The third-order valence-electron chi connectivity index (χ3n) is 8.12. The minimum absolute atomic E-state index is 0.0124. The third kappa shape index (κ3) is 7.36. The molecule has 0 spiro atoms. The van der Waals surface area contributed by atoms with Crippen molar-refractivity contribution in [2.45, 2.75) is 75.8 Å². The maximum absolute atomic E-state index is 13.9. The topological polar surface area (TPSA) is 96.5 Å². The summed E-state index contributed by atoms with van der Waals surface area (Å²) in [5.41, 5.74) is 1.82. The van der Waals surface area contributed by atoms with Gasteiger partial charge in [-0.15, -0.1) is 0 Å². The Morgan fingerprint density at radius 1 is 1.24 bits per heavy atom. The molecule has 1 saturated carbocycles. The zero-order valence-corrected chi connectivity index (χ0v) is 24.5. The number of nitrogens with zero attached hydrogens (tertiary/aromatic N) is 5. The van der Waals surface area contributed by atoms with E-state index in [1.807, 2.05) is 28.9 Å². The summed E-state index contributed by atoms with van der Waals surface area (Å²) in [5, 5.41) is 8.30. The molecular weight excluding hydrogens is 566 g/mol. The fraction of sp³-hybridized carbons (Fsp3) is 0.533. The maximum Gasteiger partial charge on any atom is 0.303 e. The van der Waals surface area contributed by atoms with Gasteiger partial charge >= 0.3 is 6.01 Å². The van der Waals surface area contributed by atoms with Crippen LogP contribution in [0.25, 0.3) is 11.3 Å². The van der Waals surface area contributed by atoms with Crippen LogP contribution in [-0.4, -0.2) is 70.1 Å². The van der Waals surface area contributed by atoms with Crippen LogP contribution in [0.5, 0.6) is 0 Å². The minimum atomic E-state index is -2.68. The van der Waals surface area contributed by atoms with E-state index in [4.69, 9.17) is 21.1 Å². The highest BCUT2D eigenvalue weighted by atomic mass is 35.5. The maximum atomic E-state index is 13.9. The van der Waals surface area contributed by atoms with E-state index in [2.05, 4.69) is 10.3 Å². The number of alkyl halides is 2. The zero-order valence-electron chi connectivity index (χ0n) is 23.8. The van der Waals surface area contributed by atoms with Gasteiger partial charge in [-0.2, -0.15) is 5.10 Å². The minimum Gasteiger partial charge on any atom is -0.432 e. The van der Waals surface area contributed by atoms with Crippen LogP contribution in [0.3, 0.4) is 0 Å². The predicted octanol–water partition coefficient (Wildman–Crippen LogP) is 5.97. The number of aromatic nitrogens is 3. The average molecular weight is 603 g/mol. The van der Waals surface area contributed by atoms with Gasteiger partial charge in [0.15, 0.2) is 5.69 Å². The van der Waals surface area contributed by atoms with Crippen LogP contribution >= 0.6 is 11.6 Å². The molecule has 1 N–H and O–H groups in total. The van der Waals surface area contributed by atoms with E-state index in [0.29, 0.717) is 37.4 Å². The van der Waals surface area contributed by atoms with Crippen LogP contribution in [0.15, 0.2) is 47.2 Å². The summed E-state index contributed by atoms with van der Waals surface area (Å²) in [6.45, 7) is 0.805. The first-order valence-corrected chi connectivity index (χ1v) is 15.0. The van der Waals surface area contributed by atoms with Crippen LogP contribution in [0.2, 0.25) is 5.02 Å². The molecule has 0 radical (unpaired) electrons. The molecule has 1 aliphatic carbocycles. The molecule has 2 aliphatic rings. The van der Waals surface area contributed by atoms with Crippen molar-refractivity contribution >= 4 is 29.4 Å². The first kappa shape index (κ1) is 30.2. The molecule has 1 aromatic carbocycles. The number of anilines is 1. The lowest BCUT2D eigenvalue weighted by molar-refractivity contribution is -0.119. The van der Waals surface area contributed by atoms with Crippen molar-refractivity contribution in [3.63, 3.8) is 0 Å². The first-order valence-electron chi connectivity index (χ1n) is 14.6. The Kier molecular flexibility index (Phi) is 9.57. The van der Waals surface area contributed by atoms with Gasteiger partial charge in [0, 0.05) is 36.5 Å². The van der Waals surface area contributed by atoms with Crippen LogP contribution < -0.4 is 10.2 Å². The number of piperidine rings is 1. The van der Waals surface area contributed by atoms with Gasteiger partial charge in [-0.1, -0.05) is 42.6 Å². The molecule has 0 bridgehead atoms. The predicted molar refractivity (Wildman–Crippen MR) is 156 cm³/mol. The summed E-state index contributed by atoms with van der Waals surface area (Å²) in [4.78, 5) is 33.8. The van der Waals surface area contributed by atoms with Crippen molar-refractivity contribution in [3.05, 3.63) is 53.5 Å². The molecule has 5 rings (SSSR count).